The van der Waals surface area contributed by atoms with Crippen LogP contribution in [0.3, 0.4) is 0 Å². The molecule has 5 aromatic rings. The van der Waals surface area contributed by atoms with Crippen LogP contribution in [0.15, 0.2) is 81.9 Å². The predicted molar refractivity (Wildman–Crippen MR) is 155 cm³/mol. The zero-order valence-electron chi connectivity index (χ0n) is 21.4. The summed E-state index contributed by atoms with van der Waals surface area (Å²) in [5.41, 5.74) is 3.62. The number of rotatable bonds is 6. The Balaban J connectivity index is 1.32. The normalized spacial score (nSPS) is 13.9. The molecule has 1 aliphatic heterocycles. The number of pyridine rings is 1. The van der Waals surface area contributed by atoms with E-state index in [1.165, 1.54) is 18.1 Å². The molecule has 11 nitrogen and oxygen atoms in total. The molecule has 3 aromatic heterocycles. The largest absolute Gasteiger partial charge is 0.411 e. The summed E-state index contributed by atoms with van der Waals surface area (Å²) in [5, 5.41) is 16.5. The third-order valence-electron chi connectivity index (χ3n) is 6.41. The van der Waals surface area contributed by atoms with Crippen molar-refractivity contribution in [3.05, 3.63) is 72.3 Å². The van der Waals surface area contributed by atoms with Gasteiger partial charge in [-0.2, -0.15) is 0 Å². The molecule has 1 saturated heterocycles. The van der Waals surface area contributed by atoms with Crippen molar-refractivity contribution >= 4 is 57.4 Å². The highest BCUT2D eigenvalue weighted by molar-refractivity contribution is 7.99. The van der Waals surface area contributed by atoms with Crippen LogP contribution in [-0.4, -0.2) is 69.3 Å². The third-order valence-corrected chi connectivity index (χ3v) is 7.52. The maximum atomic E-state index is 13.0. The van der Waals surface area contributed by atoms with Gasteiger partial charge in [0, 0.05) is 54.7 Å². The van der Waals surface area contributed by atoms with Crippen LogP contribution in [0.2, 0.25) is 5.02 Å². The van der Waals surface area contributed by atoms with Crippen LogP contribution < -0.4 is 15.5 Å². The molecule has 6 rings (SSSR count). The van der Waals surface area contributed by atoms with E-state index in [1.54, 1.807) is 42.7 Å². The van der Waals surface area contributed by atoms with Crippen molar-refractivity contribution in [3.8, 4) is 11.5 Å². The molecule has 40 heavy (non-hydrogen) atoms. The second kappa shape index (κ2) is 11.5. The number of carbonyl (C=O) groups is 1. The molecule has 4 heterocycles. The highest BCUT2D eigenvalue weighted by atomic mass is 35.5. The van der Waals surface area contributed by atoms with Crippen molar-refractivity contribution in [1.82, 2.24) is 30.0 Å². The molecule has 0 aliphatic carbocycles. The molecule has 202 valence electrons. The van der Waals surface area contributed by atoms with Gasteiger partial charge in [0.1, 0.15) is 11.4 Å². The average Bonchev–Trinajstić information content (AvgIpc) is 3.44. The van der Waals surface area contributed by atoms with Crippen molar-refractivity contribution in [2.75, 3.05) is 48.8 Å². The monoisotopic (exact) mass is 573 g/mol. The molecule has 0 unspecified atom stereocenters. The Bertz CT molecular complexity index is 1640. The fourth-order valence-corrected chi connectivity index (χ4v) is 5.18. The molecule has 1 aliphatic rings. The Morgan fingerprint density at radius 1 is 1.02 bits per heavy atom. The number of hydrogen-bond acceptors (Lipinski definition) is 10. The lowest BCUT2D eigenvalue weighted by Crippen LogP contribution is -2.44. The Morgan fingerprint density at radius 3 is 2.62 bits per heavy atom. The number of carbonyl (C=O) groups excluding carboxylic acids is 1. The number of fused-ring (bicyclic) bond motifs is 1. The lowest BCUT2D eigenvalue weighted by Gasteiger charge is -2.35. The van der Waals surface area contributed by atoms with E-state index >= 15 is 0 Å². The maximum Gasteiger partial charge on any atom is 0.323 e. The van der Waals surface area contributed by atoms with Gasteiger partial charge in [0.15, 0.2) is 0 Å². The minimum atomic E-state index is -0.374. The summed E-state index contributed by atoms with van der Waals surface area (Å²) < 4.78 is 5.86. The number of nitrogens with one attached hydrogen (secondary N) is 2. The van der Waals surface area contributed by atoms with E-state index in [0.29, 0.717) is 32.5 Å². The fraction of sp³-hybridized carbons (Fsp3) is 0.185. The molecule has 2 aromatic carbocycles. The summed E-state index contributed by atoms with van der Waals surface area (Å²) in [7, 11) is 2.10. The number of halogens is 1. The summed E-state index contributed by atoms with van der Waals surface area (Å²) in [4.78, 5) is 30.7. The second-order valence-corrected chi connectivity index (χ2v) is 10.5. The number of amides is 2. The smallest absolute Gasteiger partial charge is 0.323 e. The molecule has 2 amide bonds. The Kier molecular flexibility index (Phi) is 7.45. The standard InChI is InChI=1S/C27H24ClN9O2S/c1-36-9-11-37(12-10-36)23-14-21-20(13-22(23)33-26(38)32-19-6-4-18(28)5-7-19)25(31-16-30-21)40-27-35-34-24(39-27)17-3-2-8-29-15-17/h2-8,13-16H,9-12H2,1H3,(H2,32,33,38). The second-order valence-electron chi connectivity index (χ2n) is 9.16. The Labute approximate surface area is 239 Å². The lowest BCUT2D eigenvalue weighted by molar-refractivity contribution is 0.262. The molecule has 0 spiro atoms. The van der Waals surface area contributed by atoms with Gasteiger partial charge < -0.3 is 24.9 Å². The van der Waals surface area contributed by atoms with E-state index in [1.807, 2.05) is 18.2 Å². The molecule has 0 atom stereocenters. The van der Waals surface area contributed by atoms with Crippen molar-refractivity contribution in [2.45, 2.75) is 10.2 Å². The van der Waals surface area contributed by atoms with Gasteiger partial charge in [0.25, 0.3) is 5.22 Å². The number of anilines is 3. The van der Waals surface area contributed by atoms with Crippen molar-refractivity contribution in [3.63, 3.8) is 0 Å². The fourth-order valence-electron chi connectivity index (χ4n) is 4.32. The first kappa shape index (κ1) is 26.0. The number of aromatic nitrogens is 5. The van der Waals surface area contributed by atoms with Crippen molar-refractivity contribution in [1.29, 1.82) is 0 Å². The highest BCUT2D eigenvalue weighted by Gasteiger charge is 2.21. The van der Waals surface area contributed by atoms with Gasteiger partial charge in [-0.05, 0) is 67.3 Å². The number of benzene rings is 2. The summed E-state index contributed by atoms with van der Waals surface area (Å²) in [5.74, 6) is 0.368. The zero-order valence-corrected chi connectivity index (χ0v) is 23.0. The number of likely N-dealkylation sites (N-methyl/N-ethyl adjacent to an activating group) is 1. The van der Waals surface area contributed by atoms with Crippen LogP contribution >= 0.6 is 23.4 Å². The van der Waals surface area contributed by atoms with E-state index in [2.05, 4.69) is 52.6 Å². The predicted octanol–water partition coefficient (Wildman–Crippen LogP) is 5.28. The van der Waals surface area contributed by atoms with Crippen LogP contribution in [0.1, 0.15) is 0 Å². The molecule has 13 heteroatoms. The van der Waals surface area contributed by atoms with Crippen LogP contribution in [0.5, 0.6) is 0 Å². The van der Waals surface area contributed by atoms with E-state index in [0.717, 1.165) is 48.3 Å². The summed E-state index contributed by atoms with van der Waals surface area (Å²) in [6.45, 7) is 3.47. The van der Waals surface area contributed by atoms with Gasteiger partial charge in [0.05, 0.1) is 22.5 Å². The molecule has 0 radical (unpaired) electrons. The first-order valence-electron chi connectivity index (χ1n) is 12.5. The summed E-state index contributed by atoms with van der Waals surface area (Å²) in [6, 6.07) is 14.1. The molecule has 1 fully saturated rings. The average molecular weight is 574 g/mol. The van der Waals surface area contributed by atoms with Crippen LogP contribution in [0.4, 0.5) is 21.9 Å². The van der Waals surface area contributed by atoms with E-state index in [9.17, 15) is 4.79 Å². The van der Waals surface area contributed by atoms with Gasteiger partial charge in [0.2, 0.25) is 5.89 Å². The number of nitrogens with zero attached hydrogens (tertiary/aromatic N) is 7. The van der Waals surface area contributed by atoms with E-state index in [-0.39, 0.29) is 6.03 Å². The number of urea groups is 1. The van der Waals surface area contributed by atoms with Crippen LogP contribution in [0, 0.1) is 0 Å². The Morgan fingerprint density at radius 2 is 1.85 bits per heavy atom. The van der Waals surface area contributed by atoms with Gasteiger partial charge in [-0.1, -0.05) is 11.6 Å². The van der Waals surface area contributed by atoms with Gasteiger partial charge in [-0.25, -0.2) is 14.8 Å². The topological polar surface area (TPSA) is 125 Å². The van der Waals surface area contributed by atoms with Gasteiger partial charge in [-0.15, -0.1) is 10.2 Å². The van der Waals surface area contributed by atoms with Crippen LogP contribution in [-0.2, 0) is 0 Å². The minimum absolute atomic E-state index is 0.331. The molecule has 2 N–H and O–H groups in total. The number of hydrogen-bond donors (Lipinski definition) is 2. The molecule has 0 bridgehead atoms. The maximum absolute atomic E-state index is 13.0. The highest BCUT2D eigenvalue weighted by Crippen LogP contribution is 2.37. The van der Waals surface area contributed by atoms with Crippen LogP contribution in [0.25, 0.3) is 22.4 Å². The third kappa shape index (κ3) is 5.83. The van der Waals surface area contributed by atoms with Crippen molar-refractivity contribution in [2.24, 2.45) is 0 Å². The molecular weight excluding hydrogens is 550 g/mol. The molecule has 0 saturated carbocycles. The Hall–Kier alpha value is -4.26. The van der Waals surface area contributed by atoms with Crippen molar-refractivity contribution < 1.29 is 9.21 Å². The summed E-state index contributed by atoms with van der Waals surface area (Å²) >= 11 is 7.22. The minimum Gasteiger partial charge on any atom is -0.411 e. The quantitative estimate of drug-likeness (QED) is 0.259. The van der Waals surface area contributed by atoms with E-state index in [4.69, 9.17) is 16.0 Å². The van der Waals surface area contributed by atoms with Gasteiger partial charge >= 0.3 is 6.03 Å². The zero-order chi connectivity index (χ0) is 27.5. The first-order valence-corrected chi connectivity index (χ1v) is 13.7. The number of piperazine rings is 1. The van der Waals surface area contributed by atoms with Gasteiger partial charge in [-0.3, -0.25) is 4.98 Å². The van der Waals surface area contributed by atoms with E-state index < -0.39 is 0 Å². The summed E-state index contributed by atoms with van der Waals surface area (Å²) in [6.07, 6.45) is 4.85. The molecular formula is C27H24ClN9O2S. The lowest BCUT2D eigenvalue weighted by atomic mass is 10.1. The SMILES string of the molecule is CN1CCN(c2cc3ncnc(Sc4nnc(-c5cccnc5)o4)c3cc2NC(=O)Nc2ccc(Cl)cc2)CC1. The first-order chi connectivity index (χ1) is 19.5.